The van der Waals surface area contributed by atoms with Crippen LogP contribution in [0.4, 0.5) is 0 Å². The summed E-state index contributed by atoms with van der Waals surface area (Å²) in [4.78, 5) is 15.4. The highest BCUT2D eigenvalue weighted by atomic mass is 16.5. The summed E-state index contributed by atoms with van der Waals surface area (Å²) in [5.74, 6) is 2.22. The number of morpholine rings is 1. The van der Waals surface area contributed by atoms with Crippen LogP contribution >= 0.6 is 0 Å². The molecular weight excluding hydrogens is 530 g/mol. The molecule has 1 N–H and O–H groups in total. The van der Waals surface area contributed by atoms with E-state index in [0.29, 0.717) is 31.6 Å². The van der Waals surface area contributed by atoms with Gasteiger partial charge in [-0.25, -0.2) is 0 Å². The molecule has 1 amide bonds. The summed E-state index contributed by atoms with van der Waals surface area (Å²) >= 11 is 0. The van der Waals surface area contributed by atoms with Gasteiger partial charge in [-0.3, -0.25) is 9.20 Å². The third-order valence-corrected chi connectivity index (χ3v) is 7.65. The lowest BCUT2D eigenvalue weighted by atomic mass is 9.90. The fourth-order valence-electron chi connectivity index (χ4n) is 5.23. The van der Waals surface area contributed by atoms with E-state index in [9.17, 15) is 4.79 Å². The van der Waals surface area contributed by atoms with Crippen molar-refractivity contribution in [3.05, 3.63) is 41.2 Å². The second-order valence-electron chi connectivity index (χ2n) is 11.9. The Labute approximate surface area is 253 Å². The van der Waals surface area contributed by atoms with E-state index in [-0.39, 0.29) is 5.91 Å². The first-order valence-electron chi connectivity index (χ1n) is 16.3. The number of hydrogen-bond donors (Lipinski definition) is 1. The smallest absolute Gasteiger partial charge is 0.226 e. The molecule has 42 heavy (non-hydrogen) atoms. The number of ether oxygens (including phenoxy) is 3. The molecule has 9 nitrogen and oxygen atoms in total. The van der Waals surface area contributed by atoms with Crippen molar-refractivity contribution in [3.8, 4) is 0 Å². The number of rotatable bonds is 10. The first kappa shape index (κ1) is 33.8. The van der Waals surface area contributed by atoms with Crippen LogP contribution in [-0.4, -0.2) is 64.9 Å². The predicted molar refractivity (Wildman–Crippen MR) is 167 cm³/mol. The molecule has 3 aliphatic rings. The largest absolute Gasteiger partial charge is 0.473 e. The third-order valence-electron chi connectivity index (χ3n) is 7.65. The maximum absolute atomic E-state index is 13.1. The second kappa shape index (κ2) is 16.8. The van der Waals surface area contributed by atoms with Gasteiger partial charge in [0.1, 0.15) is 12.6 Å². The van der Waals surface area contributed by atoms with Crippen LogP contribution in [0.2, 0.25) is 0 Å². The standard InChI is InChI=1S/C29H43N5O4.2C2H6/c1-29(2,3)28(35)30-24(20-37-18-21-8-5-4-6-9-21)26-32-31-25-11-7-10-23(34(25)26)19-38-27(22-12-13-22)33-14-16-36-17-15-33;2*1-2/h7,10-11,21,24H,4-6,8-9,12-20H2,1-3H3,(H,30,35);2*1-2H3. The van der Waals surface area contributed by atoms with Crippen molar-refractivity contribution in [1.82, 2.24) is 24.8 Å². The number of allylic oxidation sites excluding steroid dienone is 1. The number of carbonyl (C=O) groups excluding carboxylic acids is 1. The Bertz CT molecular complexity index is 1120. The van der Waals surface area contributed by atoms with Crippen molar-refractivity contribution in [2.24, 2.45) is 11.3 Å². The summed E-state index contributed by atoms with van der Waals surface area (Å²) in [6, 6.07) is 5.54. The van der Waals surface area contributed by atoms with E-state index >= 15 is 0 Å². The molecule has 236 valence electrons. The average Bonchev–Trinajstić information content (AvgIpc) is 3.77. The van der Waals surface area contributed by atoms with E-state index in [0.717, 1.165) is 56.4 Å². The van der Waals surface area contributed by atoms with Gasteiger partial charge in [-0.15, -0.1) is 10.2 Å². The Morgan fingerprint density at radius 2 is 1.74 bits per heavy atom. The summed E-state index contributed by atoms with van der Waals surface area (Å²) in [6.45, 7) is 18.4. The van der Waals surface area contributed by atoms with Crippen molar-refractivity contribution in [3.63, 3.8) is 0 Å². The van der Waals surface area contributed by atoms with Gasteiger partial charge < -0.3 is 24.4 Å². The zero-order valence-electron chi connectivity index (χ0n) is 27.2. The van der Waals surface area contributed by atoms with Gasteiger partial charge in [-0.05, 0) is 49.3 Å². The Morgan fingerprint density at radius 1 is 1.05 bits per heavy atom. The van der Waals surface area contributed by atoms with E-state index in [1.807, 2.05) is 71.1 Å². The van der Waals surface area contributed by atoms with Gasteiger partial charge in [0.25, 0.3) is 0 Å². The van der Waals surface area contributed by atoms with Crippen LogP contribution in [0.25, 0.3) is 5.65 Å². The number of aromatic nitrogens is 3. The lowest BCUT2D eigenvalue weighted by Crippen LogP contribution is -2.40. The Balaban J connectivity index is 0.00000116. The molecule has 1 unspecified atom stereocenters. The predicted octanol–water partition coefficient (Wildman–Crippen LogP) is 6.44. The number of fused-ring (bicyclic) bond motifs is 1. The SMILES string of the molecule is CC.CC.CC(C)(C)C(=O)NC(COCC1CCCCC1)c1nnc2cccc(COC(=C3CC3)N3CCOCC3)n12. The molecule has 5 rings (SSSR count). The molecule has 1 saturated heterocycles. The molecule has 1 aliphatic heterocycles. The summed E-state index contributed by atoms with van der Waals surface area (Å²) in [5, 5.41) is 12.2. The van der Waals surface area contributed by atoms with Crippen molar-refractivity contribution in [2.75, 3.05) is 39.5 Å². The molecule has 2 saturated carbocycles. The number of nitrogens with one attached hydrogen (secondary N) is 1. The highest BCUT2D eigenvalue weighted by molar-refractivity contribution is 5.81. The molecule has 9 heteroatoms. The maximum atomic E-state index is 13.1. The van der Waals surface area contributed by atoms with Crippen LogP contribution in [0.1, 0.15) is 111 Å². The van der Waals surface area contributed by atoms with Gasteiger partial charge >= 0.3 is 0 Å². The maximum Gasteiger partial charge on any atom is 0.226 e. The van der Waals surface area contributed by atoms with E-state index < -0.39 is 11.5 Å². The van der Waals surface area contributed by atoms with Crippen LogP contribution in [0.5, 0.6) is 0 Å². The Hall–Kier alpha value is -2.65. The molecule has 2 aromatic heterocycles. The van der Waals surface area contributed by atoms with Crippen LogP contribution in [0.3, 0.4) is 0 Å². The molecule has 1 atom stereocenters. The number of carbonyl (C=O) groups is 1. The van der Waals surface area contributed by atoms with Gasteiger partial charge in [0.05, 0.1) is 25.5 Å². The first-order valence-corrected chi connectivity index (χ1v) is 16.3. The molecule has 2 aliphatic carbocycles. The second-order valence-corrected chi connectivity index (χ2v) is 11.9. The van der Waals surface area contributed by atoms with Gasteiger partial charge in [0.2, 0.25) is 5.91 Å². The van der Waals surface area contributed by atoms with Crippen LogP contribution in [0.15, 0.2) is 29.7 Å². The van der Waals surface area contributed by atoms with Crippen molar-refractivity contribution >= 4 is 11.6 Å². The van der Waals surface area contributed by atoms with E-state index in [1.54, 1.807) is 0 Å². The van der Waals surface area contributed by atoms with Gasteiger partial charge in [0, 0.05) is 25.1 Å². The highest BCUT2D eigenvalue weighted by Crippen LogP contribution is 2.34. The monoisotopic (exact) mass is 585 g/mol. The topological polar surface area (TPSA) is 90.2 Å². The van der Waals surface area contributed by atoms with Crippen molar-refractivity contribution in [2.45, 2.75) is 106 Å². The Morgan fingerprint density at radius 3 is 2.38 bits per heavy atom. The van der Waals surface area contributed by atoms with Crippen LogP contribution in [-0.2, 0) is 25.6 Å². The fourth-order valence-corrected chi connectivity index (χ4v) is 5.23. The molecule has 3 heterocycles. The molecule has 0 aromatic carbocycles. The van der Waals surface area contributed by atoms with Crippen LogP contribution in [0, 0.1) is 11.3 Å². The summed E-state index contributed by atoms with van der Waals surface area (Å²) in [7, 11) is 0. The third kappa shape index (κ3) is 9.43. The number of pyridine rings is 1. The number of amides is 1. The first-order chi connectivity index (χ1) is 20.4. The fraction of sp³-hybridized carbons (Fsp3) is 0.727. The van der Waals surface area contributed by atoms with Crippen molar-refractivity contribution < 1.29 is 19.0 Å². The summed E-state index contributed by atoms with van der Waals surface area (Å²) < 4.78 is 20.2. The minimum atomic E-state index is -0.530. The summed E-state index contributed by atoms with van der Waals surface area (Å²) in [5.41, 5.74) is 2.51. The molecular formula is C33H55N5O4. The number of hydrogen-bond acceptors (Lipinski definition) is 7. The zero-order chi connectivity index (χ0) is 30.5. The van der Waals surface area contributed by atoms with Crippen molar-refractivity contribution in [1.29, 1.82) is 0 Å². The minimum absolute atomic E-state index is 0.0395. The zero-order valence-corrected chi connectivity index (χ0v) is 27.2. The van der Waals surface area contributed by atoms with E-state index in [1.165, 1.54) is 37.7 Å². The van der Waals surface area contributed by atoms with Gasteiger partial charge in [-0.2, -0.15) is 0 Å². The van der Waals surface area contributed by atoms with E-state index in [4.69, 9.17) is 14.2 Å². The average molecular weight is 586 g/mol. The van der Waals surface area contributed by atoms with Gasteiger partial charge in [0.15, 0.2) is 17.4 Å². The quantitative estimate of drug-likeness (QED) is 0.321. The number of nitrogens with zero attached hydrogens (tertiary/aromatic N) is 4. The Kier molecular flexibility index (Phi) is 13.6. The van der Waals surface area contributed by atoms with Crippen LogP contribution < -0.4 is 5.32 Å². The van der Waals surface area contributed by atoms with Gasteiger partial charge in [-0.1, -0.05) is 73.8 Å². The molecule has 0 spiro atoms. The normalized spacial score (nSPS) is 17.9. The molecule has 3 fully saturated rings. The molecule has 0 radical (unpaired) electrons. The molecule has 2 aromatic rings. The summed E-state index contributed by atoms with van der Waals surface area (Å²) in [6.07, 6.45) is 8.49. The minimum Gasteiger partial charge on any atom is -0.473 e. The lowest BCUT2D eigenvalue weighted by molar-refractivity contribution is -0.130. The van der Waals surface area contributed by atoms with E-state index in [2.05, 4.69) is 20.4 Å². The lowest BCUT2D eigenvalue weighted by Gasteiger charge is -2.30. The highest BCUT2D eigenvalue weighted by Gasteiger charge is 2.29. The molecule has 0 bridgehead atoms.